The number of imide groups is 1. The van der Waals surface area contributed by atoms with E-state index in [9.17, 15) is 19.5 Å². The summed E-state index contributed by atoms with van der Waals surface area (Å²) in [5.74, 6) is -0.823. The van der Waals surface area contributed by atoms with E-state index in [2.05, 4.69) is 10.3 Å². The van der Waals surface area contributed by atoms with Crippen LogP contribution in [0.3, 0.4) is 0 Å². The number of phenolic OH excluding ortho intramolecular Hbond substituents is 1. The van der Waals surface area contributed by atoms with Crippen molar-refractivity contribution in [2.45, 2.75) is 25.9 Å². The molecule has 2 aliphatic rings. The van der Waals surface area contributed by atoms with Crippen molar-refractivity contribution in [1.29, 1.82) is 0 Å². The molecule has 0 aliphatic carbocycles. The monoisotopic (exact) mass is 470 g/mol. The molecule has 1 aromatic heterocycles. The fourth-order valence-electron chi connectivity index (χ4n) is 4.79. The number of amides is 3. The summed E-state index contributed by atoms with van der Waals surface area (Å²) < 4.78 is 0. The van der Waals surface area contributed by atoms with Crippen LogP contribution in [0.4, 0.5) is 5.69 Å². The van der Waals surface area contributed by atoms with Crippen LogP contribution in [-0.2, 0) is 17.9 Å². The van der Waals surface area contributed by atoms with E-state index in [1.165, 1.54) is 4.90 Å². The van der Waals surface area contributed by atoms with E-state index in [1.807, 2.05) is 17.0 Å². The second-order valence-electron chi connectivity index (χ2n) is 8.88. The van der Waals surface area contributed by atoms with Gasteiger partial charge in [0.2, 0.25) is 5.91 Å². The molecule has 1 atom stereocenters. The standard InChI is InChI=1S/C27H26N4O4/c32-23-9-2-1-5-19(23)15-29-25(33)20-6-4-14-30(17-20)22-8-3-7-21-24(22)27(35)31(26(21)34)16-18-10-12-28-13-11-18/h1-3,5,7-13,20,32H,4,6,14-17H2,(H,29,33)/t20-/m1/s1. The van der Waals surface area contributed by atoms with Crippen LogP contribution in [0.1, 0.15) is 44.7 Å². The molecule has 2 aromatic carbocycles. The predicted molar refractivity (Wildman–Crippen MR) is 130 cm³/mol. The topological polar surface area (TPSA) is 103 Å². The van der Waals surface area contributed by atoms with Gasteiger partial charge in [0.25, 0.3) is 11.8 Å². The Kier molecular flexibility index (Phi) is 6.18. The molecule has 1 fully saturated rings. The van der Waals surface area contributed by atoms with E-state index in [0.717, 1.165) is 18.4 Å². The van der Waals surface area contributed by atoms with E-state index >= 15 is 0 Å². The summed E-state index contributed by atoms with van der Waals surface area (Å²) in [5, 5.41) is 12.9. The first-order valence-corrected chi connectivity index (χ1v) is 11.7. The molecule has 8 nitrogen and oxygen atoms in total. The van der Waals surface area contributed by atoms with E-state index in [0.29, 0.717) is 35.5 Å². The van der Waals surface area contributed by atoms with Crippen LogP contribution in [0.15, 0.2) is 67.0 Å². The molecule has 0 radical (unpaired) electrons. The summed E-state index contributed by atoms with van der Waals surface area (Å²) >= 11 is 0. The van der Waals surface area contributed by atoms with Crippen LogP contribution in [0.2, 0.25) is 0 Å². The van der Waals surface area contributed by atoms with Gasteiger partial charge in [-0.2, -0.15) is 0 Å². The van der Waals surface area contributed by atoms with Crippen LogP contribution in [0.25, 0.3) is 0 Å². The van der Waals surface area contributed by atoms with Gasteiger partial charge in [-0.15, -0.1) is 0 Å². The van der Waals surface area contributed by atoms with E-state index in [1.54, 1.807) is 54.9 Å². The van der Waals surface area contributed by atoms with Gasteiger partial charge in [0.15, 0.2) is 0 Å². The minimum Gasteiger partial charge on any atom is -0.508 e. The molecule has 0 bridgehead atoms. The van der Waals surface area contributed by atoms with Gasteiger partial charge in [0, 0.05) is 37.6 Å². The smallest absolute Gasteiger partial charge is 0.263 e. The Labute approximate surface area is 203 Å². The first-order chi connectivity index (χ1) is 17.0. The maximum atomic E-state index is 13.3. The van der Waals surface area contributed by atoms with Gasteiger partial charge in [0.05, 0.1) is 29.3 Å². The minimum absolute atomic E-state index is 0.0905. The van der Waals surface area contributed by atoms with Crippen LogP contribution >= 0.6 is 0 Å². The molecule has 3 amide bonds. The van der Waals surface area contributed by atoms with E-state index < -0.39 is 0 Å². The maximum Gasteiger partial charge on any atom is 0.263 e. The Hall–Kier alpha value is -4.20. The zero-order valence-corrected chi connectivity index (χ0v) is 19.2. The molecule has 1 saturated heterocycles. The number of nitrogens with one attached hydrogen (secondary N) is 1. The second-order valence-corrected chi connectivity index (χ2v) is 8.88. The molecule has 5 rings (SSSR count). The molecule has 0 unspecified atom stereocenters. The Morgan fingerprint density at radius 2 is 1.83 bits per heavy atom. The number of hydrogen-bond donors (Lipinski definition) is 2. The lowest BCUT2D eigenvalue weighted by molar-refractivity contribution is -0.125. The van der Waals surface area contributed by atoms with Gasteiger partial charge >= 0.3 is 0 Å². The molecule has 2 aliphatic heterocycles. The fraction of sp³-hybridized carbons (Fsp3) is 0.259. The Bertz CT molecular complexity index is 1280. The van der Waals surface area contributed by atoms with E-state index in [4.69, 9.17) is 0 Å². The number of fused-ring (bicyclic) bond motifs is 1. The zero-order valence-electron chi connectivity index (χ0n) is 19.2. The van der Waals surface area contributed by atoms with Crippen molar-refractivity contribution in [1.82, 2.24) is 15.2 Å². The quantitative estimate of drug-likeness (QED) is 0.537. The van der Waals surface area contributed by atoms with Gasteiger partial charge in [-0.25, -0.2) is 0 Å². The van der Waals surface area contributed by atoms with Gasteiger partial charge in [-0.05, 0) is 48.7 Å². The molecule has 35 heavy (non-hydrogen) atoms. The minimum atomic E-state index is -0.316. The average molecular weight is 471 g/mol. The Morgan fingerprint density at radius 3 is 2.63 bits per heavy atom. The molecular formula is C27H26N4O4. The zero-order chi connectivity index (χ0) is 24.4. The first kappa shape index (κ1) is 22.6. The number of nitrogens with zero attached hydrogens (tertiary/aromatic N) is 3. The number of aromatic nitrogens is 1. The SMILES string of the molecule is O=C(NCc1ccccc1O)[C@@H]1CCCN(c2cccc3c2C(=O)N(Cc2ccncc2)C3=O)C1. The lowest BCUT2D eigenvalue weighted by atomic mass is 9.95. The number of para-hydroxylation sites is 1. The van der Waals surface area contributed by atoms with Crippen LogP contribution in [0.5, 0.6) is 5.75 Å². The van der Waals surface area contributed by atoms with Crippen molar-refractivity contribution in [3.05, 3.63) is 89.2 Å². The lowest BCUT2D eigenvalue weighted by Crippen LogP contribution is -2.43. The molecule has 2 N–H and O–H groups in total. The highest BCUT2D eigenvalue weighted by molar-refractivity contribution is 6.23. The number of hydrogen-bond acceptors (Lipinski definition) is 6. The fourth-order valence-corrected chi connectivity index (χ4v) is 4.79. The number of carbonyl (C=O) groups is 3. The normalized spacial score (nSPS) is 17.4. The first-order valence-electron chi connectivity index (χ1n) is 11.7. The molecule has 3 heterocycles. The summed E-state index contributed by atoms with van der Waals surface area (Å²) in [6.45, 7) is 1.59. The van der Waals surface area contributed by atoms with Crippen molar-refractivity contribution < 1.29 is 19.5 Å². The number of phenols is 1. The molecule has 0 spiro atoms. The highest BCUT2D eigenvalue weighted by atomic mass is 16.3. The summed E-state index contributed by atoms with van der Waals surface area (Å²) in [6, 6.07) is 15.8. The molecule has 8 heteroatoms. The number of aromatic hydroxyl groups is 1. The summed E-state index contributed by atoms with van der Waals surface area (Å²) in [5.41, 5.74) is 2.98. The molecular weight excluding hydrogens is 444 g/mol. The predicted octanol–water partition coefficient (Wildman–Crippen LogP) is 3.12. The van der Waals surface area contributed by atoms with Gasteiger partial charge < -0.3 is 15.3 Å². The van der Waals surface area contributed by atoms with Crippen molar-refractivity contribution in [2.75, 3.05) is 18.0 Å². The molecule has 0 saturated carbocycles. The largest absolute Gasteiger partial charge is 0.508 e. The number of anilines is 1. The third-order valence-electron chi connectivity index (χ3n) is 6.64. The van der Waals surface area contributed by atoms with Gasteiger partial charge in [0.1, 0.15) is 5.75 Å². The van der Waals surface area contributed by atoms with Gasteiger partial charge in [-0.1, -0.05) is 24.3 Å². The van der Waals surface area contributed by atoms with Crippen molar-refractivity contribution in [3.8, 4) is 5.75 Å². The van der Waals surface area contributed by atoms with Crippen LogP contribution < -0.4 is 10.2 Å². The number of pyridine rings is 1. The van der Waals surface area contributed by atoms with Crippen molar-refractivity contribution >= 4 is 23.4 Å². The van der Waals surface area contributed by atoms with E-state index in [-0.39, 0.29) is 42.5 Å². The number of rotatable bonds is 6. The lowest BCUT2D eigenvalue weighted by Gasteiger charge is -2.34. The van der Waals surface area contributed by atoms with Crippen LogP contribution in [-0.4, -0.2) is 45.8 Å². The highest BCUT2D eigenvalue weighted by Crippen LogP contribution is 2.34. The van der Waals surface area contributed by atoms with Crippen molar-refractivity contribution in [2.24, 2.45) is 5.92 Å². The Balaban J connectivity index is 1.32. The molecule has 178 valence electrons. The maximum absolute atomic E-state index is 13.3. The Morgan fingerprint density at radius 1 is 1.03 bits per heavy atom. The van der Waals surface area contributed by atoms with Gasteiger partial charge in [-0.3, -0.25) is 24.3 Å². The summed E-state index contributed by atoms with van der Waals surface area (Å²) in [7, 11) is 0. The number of carbonyl (C=O) groups excluding carboxylic acids is 3. The van der Waals surface area contributed by atoms with Crippen LogP contribution in [0, 0.1) is 5.92 Å². The summed E-state index contributed by atoms with van der Waals surface area (Å²) in [4.78, 5) is 46.6. The highest BCUT2D eigenvalue weighted by Gasteiger charge is 2.39. The third-order valence-corrected chi connectivity index (χ3v) is 6.64. The average Bonchev–Trinajstić information content (AvgIpc) is 3.13. The number of piperidine rings is 1. The number of benzene rings is 2. The summed E-state index contributed by atoms with van der Waals surface area (Å²) in [6.07, 6.45) is 4.80. The molecule has 3 aromatic rings. The van der Waals surface area contributed by atoms with Crippen molar-refractivity contribution in [3.63, 3.8) is 0 Å². The third kappa shape index (κ3) is 4.47. The second kappa shape index (κ2) is 9.58.